The molecule has 1 amide bonds. The van der Waals surface area contributed by atoms with E-state index in [1.807, 2.05) is 26.0 Å². The number of hydrogen-bond donors (Lipinski definition) is 3. The van der Waals surface area contributed by atoms with E-state index in [0.29, 0.717) is 32.5 Å². The summed E-state index contributed by atoms with van der Waals surface area (Å²) in [4.78, 5) is 25.3. The van der Waals surface area contributed by atoms with Crippen molar-refractivity contribution in [2.45, 2.75) is 13.8 Å². The van der Waals surface area contributed by atoms with E-state index >= 15 is 0 Å². The van der Waals surface area contributed by atoms with Crippen molar-refractivity contribution < 1.29 is 4.79 Å². The Balaban J connectivity index is 1.75. The Kier molecular flexibility index (Phi) is 4.82. The van der Waals surface area contributed by atoms with E-state index in [-0.39, 0.29) is 5.91 Å². The molecule has 0 unspecified atom stereocenters. The molecule has 3 aromatic rings. The quantitative estimate of drug-likeness (QED) is 0.641. The van der Waals surface area contributed by atoms with E-state index in [1.165, 1.54) is 17.5 Å². The zero-order chi connectivity index (χ0) is 18.0. The Labute approximate surface area is 153 Å². The van der Waals surface area contributed by atoms with E-state index in [1.54, 1.807) is 12.1 Å². The Morgan fingerprint density at radius 2 is 2.08 bits per heavy atom. The fourth-order valence-corrected chi connectivity index (χ4v) is 3.12. The van der Waals surface area contributed by atoms with Crippen molar-refractivity contribution in [3.05, 3.63) is 51.6 Å². The molecule has 0 radical (unpaired) electrons. The number of carbonyl (C=O) groups excluding carboxylic acids is 1. The lowest BCUT2D eigenvalue weighted by atomic mass is 10.2. The number of benzene rings is 1. The van der Waals surface area contributed by atoms with Crippen molar-refractivity contribution in [3.63, 3.8) is 0 Å². The lowest BCUT2D eigenvalue weighted by Gasteiger charge is -2.08. The maximum atomic E-state index is 12.4. The predicted octanol–water partition coefficient (Wildman–Crippen LogP) is 3.78. The van der Waals surface area contributed by atoms with Crippen LogP contribution in [0.2, 0.25) is 5.02 Å². The van der Waals surface area contributed by atoms with Crippen molar-refractivity contribution in [1.29, 1.82) is 0 Å². The Hall–Kier alpha value is -2.71. The topological polar surface area (TPSA) is 106 Å². The molecule has 0 saturated heterocycles. The van der Waals surface area contributed by atoms with Crippen LogP contribution in [0.1, 0.15) is 20.9 Å². The minimum atomic E-state index is -0.286. The number of nitrogen functional groups attached to an aromatic ring is 1. The van der Waals surface area contributed by atoms with Gasteiger partial charge in [-0.25, -0.2) is 9.97 Å². The number of nitrogens with zero attached hydrogens (tertiary/aromatic N) is 3. The minimum absolute atomic E-state index is 0.286. The smallest absolute Gasteiger partial charge is 0.267 e. The number of amides is 1. The standard InChI is InChI=1S/C16H15ClN6OS/c1-8-4-3-5-10(17)13(8)22-14(24)11-7-19-16(25-11)23-15-20-9(2)6-12(18)21-15/h3-7H,1-2H3,(H,22,24)(H3,18,19,20,21,23). The first-order chi connectivity index (χ1) is 11.9. The van der Waals surface area contributed by atoms with Gasteiger partial charge in [0.1, 0.15) is 10.7 Å². The summed E-state index contributed by atoms with van der Waals surface area (Å²) in [5.41, 5.74) is 7.90. The van der Waals surface area contributed by atoms with Gasteiger partial charge in [0.05, 0.1) is 16.9 Å². The third kappa shape index (κ3) is 4.04. The largest absolute Gasteiger partial charge is 0.384 e. The summed E-state index contributed by atoms with van der Waals surface area (Å²) in [6.45, 7) is 3.69. The fraction of sp³-hybridized carbons (Fsp3) is 0.125. The number of rotatable bonds is 4. The highest BCUT2D eigenvalue weighted by molar-refractivity contribution is 7.17. The molecule has 0 bridgehead atoms. The van der Waals surface area contributed by atoms with Crippen LogP contribution in [0.25, 0.3) is 0 Å². The molecule has 128 valence electrons. The molecule has 7 nitrogen and oxygen atoms in total. The van der Waals surface area contributed by atoms with Crippen LogP contribution < -0.4 is 16.4 Å². The molecule has 0 spiro atoms. The van der Waals surface area contributed by atoms with Gasteiger partial charge in [0, 0.05) is 11.8 Å². The number of nitrogens with two attached hydrogens (primary N) is 1. The number of para-hydroxylation sites is 1. The van der Waals surface area contributed by atoms with Crippen molar-refractivity contribution in [2.75, 3.05) is 16.4 Å². The van der Waals surface area contributed by atoms with Crippen LogP contribution in [0.3, 0.4) is 0 Å². The van der Waals surface area contributed by atoms with Gasteiger partial charge in [-0.1, -0.05) is 35.1 Å². The molecule has 4 N–H and O–H groups in total. The number of aromatic nitrogens is 3. The van der Waals surface area contributed by atoms with E-state index in [0.717, 1.165) is 11.3 Å². The number of aryl methyl sites for hydroxylation is 2. The van der Waals surface area contributed by atoms with Crippen LogP contribution >= 0.6 is 22.9 Å². The highest BCUT2D eigenvalue weighted by Crippen LogP contribution is 2.27. The Morgan fingerprint density at radius 1 is 1.28 bits per heavy atom. The molecule has 0 aliphatic carbocycles. The number of nitrogens with one attached hydrogen (secondary N) is 2. The molecule has 0 aliphatic heterocycles. The van der Waals surface area contributed by atoms with Gasteiger partial charge in [0.25, 0.3) is 5.91 Å². The SMILES string of the molecule is Cc1cc(N)nc(Nc2ncc(C(=O)Nc3c(C)cccc3Cl)s2)n1. The highest BCUT2D eigenvalue weighted by atomic mass is 35.5. The van der Waals surface area contributed by atoms with Gasteiger partial charge in [-0.05, 0) is 25.5 Å². The summed E-state index contributed by atoms with van der Waals surface area (Å²) in [5.74, 6) is 0.408. The van der Waals surface area contributed by atoms with Crippen molar-refractivity contribution in [1.82, 2.24) is 15.0 Å². The molecule has 2 heterocycles. The summed E-state index contributed by atoms with van der Waals surface area (Å²) in [6.07, 6.45) is 1.48. The first-order valence-electron chi connectivity index (χ1n) is 7.33. The van der Waals surface area contributed by atoms with Gasteiger partial charge in [-0.3, -0.25) is 10.1 Å². The second-order valence-electron chi connectivity index (χ2n) is 5.30. The first kappa shape index (κ1) is 17.1. The lowest BCUT2D eigenvalue weighted by Crippen LogP contribution is -2.11. The average molecular weight is 375 g/mol. The third-order valence-corrected chi connectivity index (χ3v) is 4.51. The number of hydrogen-bond acceptors (Lipinski definition) is 7. The maximum absolute atomic E-state index is 12.4. The van der Waals surface area contributed by atoms with Crippen LogP contribution in [-0.4, -0.2) is 20.9 Å². The Bertz CT molecular complexity index is 902. The molecule has 0 aliphatic rings. The second-order valence-corrected chi connectivity index (χ2v) is 6.74. The molecule has 2 aromatic heterocycles. The normalized spacial score (nSPS) is 10.5. The zero-order valence-electron chi connectivity index (χ0n) is 13.5. The predicted molar refractivity (Wildman–Crippen MR) is 101 cm³/mol. The van der Waals surface area contributed by atoms with E-state index in [9.17, 15) is 4.79 Å². The summed E-state index contributed by atoms with van der Waals surface area (Å²) in [7, 11) is 0. The molecular weight excluding hydrogens is 360 g/mol. The molecule has 1 aromatic carbocycles. The van der Waals surface area contributed by atoms with Crippen LogP contribution in [-0.2, 0) is 0 Å². The second kappa shape index (κ2) is 7.04. The lowest BCUT2D eigenvalue weighted by molar-refractivity contribution is 0.103. The first-order valence-corrected chi connectivity index (χ1v) is 8.52. The van der Waals surface area contributed by atoms with Gasteiger partial charge in [0.2, 0.25) is 5.95 Å². The number of carbonyl (C=O) groups is 1. The van der Waals surface area contributed by atoms with Gasteiger partial charge in [-0.15, -0.1) is 0 Å². The molecule has 0 fully saturated rings. The summed E-state index contributed by atoms with van der Waals surface area (Å²) in [5, 5.41) is 6.73. The van der Waals surface area contributed by atoms with Gasteiger partial charge in [-0.2, -0.15) is 4.98 Å². The molecule has 0 atom stereocenters. The monoisotopic (exact) mass is 374 g/mol. The molecule has 25 heavy (non-hydrogen) atoms. The van der Waals surface area contributed by atoms with Crippen LogP contribution in [0, 0.1) is 13.8 Å². The third-order valence-electron chi connectivity index (χ3n) is 3.28. The van der Waals surface area contributed by atoms with E-state index < -0.39 is 0 Å². The summed E-state index contributed by atoms with van der Waals surface area (Å²) in [6, 6.07) is 7.09. The minimum Gasteiger partial charge on any atom is -0.384 e. The number of thiazole rings is 1. The van der Waals surface area contributed by atoms with E-state index in [4.69, 9.17) is 17.3 Å². The fourth-order valence-electron chi connectivity index (χ4n) is 2.15. The zero-order valence-corrected chi connectivity index (χ0v) is 15.1. The summed E-state index contributed by atoms with van der Waals surface area (Å²) < 4.78 is 0. The molecule has 3 rings (SSSR count). The van der Waals surface area contributed by atoms with Gasteiger partial charge < -0.3 is 11.1 Å². The Morgan fingerprint density at radius 3 is 2.80 bits per heavy atom. The van der Waals surface area contributed by atoms with Gasteiger partial charge in [0.15, 0.2) is 5.13 Å². The van der Waals surface area contributed by atoms with Crippen molar-refractivity contribution in [2.24, 2.45) is 0 Å². The molecule has 9 heteroatoms. The molecule has 0 saturated carbocycles. The number of anilines is 4. The average Bonchev–Trinajstić information content (AvgIpc) is 2.98. The van der Waals surface area contributed by atoms with Crippen molar-refractivity contribution >= 4 is 51.4 Å². The highest BCUT2D eigenvalue weighted by Gasteiger charge is 2.14. The van der Waals surface area contributed by atoms with Crippen LogP contribution in [0.5, 0.6) is 0 Å². The van der Waals surface area contributed by atoms with E-state index in [2.05, 4.69) is 25.6 Å². The maximum Gasteiger partial charge on any atom is 0.267 e. The van der Waals surface area contributed by atoms with Crippen LogP contribution in [0.15, 0.2) is 30.5 Å². The number of halogens is 1. The summed E-state index contributed by atoms with van der Waals surface area (Å²) >= 11 is 7.32. The van der Waals surface area contributed by atoms with Crippen LogP contribution in [0.4, 0.5) is 22.6 Å². The van der Waals surface area contributed by atoms with Crippen molar-refractivity contribution in [3.8, 4) is 0 Å². The van der Waals surface area contributed by atoms with Gasteiger partial charge >= 0.3 is 0 Å². The molecular formula is C16H15ClN6OS.